The molecule has 14 heteroatoms. The molecule has 8 N–H and O–H groups in total. The number of aliphatic hydroxyl groups excluding tert-OH is 8. The maximum Gasteiger partial charge on any atom is 0.336 e. The molecular formula is C32H44O14. The first-order valence-electron chi connectivity index (χ1n) is 14.5. The van der Waals surface area contributed by atoms with Crippen LogP contribution >= 0.6 is 0 Å². The summed E-state index contributed by atoms with van der Waals surface area (Å²) in [6.45, 7) is 5.36. The van der Waals surface area contributed by atoms with Crippen LogP contribution in [0.25, 0.3) is 0 Å². The second-order valence-electron chi connectivity index (χ2n) is 10.8. The molecule has 0 aromatic rings. The minimum Gasteiger partial charge on any atom is -0.429 e. The summed E-state index contributed by atoms with van der Waals surface area (Å²) in [7, 11) is 0. The number of carbonyl (C=O) groups is 2. The molecule has 14 nitrogen and oxygen atoms in total. The van der Waals surface area contributed by atoms with Crippen LogP contribution in [-0.2, 0) is 28.5 Å². The van der Waals surface area contributed by atoms with Crippen LogP contribution in [0.15, 0.2) is 83.1 Å². The quantitative estimate of drug-likeness (QED) is 0.0728. The molecule has 2 rings (SSSR count). The molecule has 0 saturated carbocycles. The van der Waals surface area contributed by atoms with Crippen molar-refractivity contribution in [3.8, 4) is 0 Å². The van der Waals surface area contributed by atoms with E-state index in [9.17, 15) is 50.4 Å². The van der Waals surface area contributed by atoms with Gasteiger partial charge in [0, 0.05) is 11.1 Å². The first-order chi connectivity index (χ1) is 21.7. The predicted octanol–water partition coefficient (Wildman–Crippen LogP) is -0.874. The number of carbonyl (C=O) groups excluding carboxylic acids is 2. The molecule has 2 aliphatic rings. The van der Waals surface area contributed by atoms with Crippen molar-refractivity contribution >= 4 is 11.9 Å². The summed E-state index contributed by atoms with van der Waals surface area (Å²) in [4.78, 5) is 24.7. The van der Waals surface area contributed by atoms with Crippen LogP contribution in [0.3, 0.4) is 0 Å². The maximum atomic E-state index is 12.3. The monoisotopic (exact) mass is 652 g/mol. The van der Waals surface area contributed by atoms with Gasteiger partial charge in [-0.05, 0) is 27.7 Å². The van der Waals surface area contributed by atoms with Gasteiger partial charge < -0.3 is 59.8 Å². The minimum atomic E-state index is -1.69. The topological polar surface area (TPSA) is 233 Å². The summed E-state index contributed by atoms with van der Waals surface area (Å²) in [6.07, 6.45) is 1.59. The minimum absolute atomic E-state index is 0.174. The molecule has 46 heavy (non-hydrogen) atoms. The molecule has 256 valence electrons. The van der Waals surface area contributed by atoms with Crippen molar-refractivity contribution < 1.29 is 69.4 Å². The van der Waals surface area contributed by atoms with Crippen molar-refractivity contribution in [2.24, 2.45) is 0 Å². The van der Waals surface area contributed by atoms with E-state index in [4.69, 9.17) is 18.9 Å². The van der Waals surface area contributed by atoms with Crippen LogP contribution in [0.4, 0.5) is 0 Å². The second-order valence-corrected chi connectivity index (χ2v) is 10.8. The zero-order valence-electron chi connectivity index (χ0n) is 26.0. The fourth-order valence-electron chi connectivity index (χ4n) is 4.08. The molecule has 0 amide bonds. The SMILES string of the molecule is CC(C=CC=C(C)C(=O)OC1OC(CO)C(O)C(O)C1O)=C/C=C/C=C(C)/C=C/C=C(\C)C(=O)OC1OC(CO)C(O)C(O)C1O. The van der Waals surface area contributed by atoms with Crippen molar-refractivity contribution in [3.63, 3.8) is 0 Å². The average molecular weight is 653 g/mol. The van der Waals surface area contributed by atoms with Gasteiger partial charge in [-0.2, -0.15) is 0 Å². The molecule has 2 fully saturated rings. The standard InChI is InChI=1S/C32H44O14/c1-17(11-7-13-19(3)29(41)45-31-27(39)25(37)23(35)21(15-33)43-31)9-5-6-10-18(2)12-8-14-20(4)30(42)46-32-28(40)26(38)24(36)22(16-34)44-32/h5-14,21-28,31-40H,15-16H2,1-4H3/b6-5+,11-7+,12-8?,17-9+,18-10?,19-13+,20-14?. The molecule has 0 aliphatic carbocycles. The normalized spacial score (nSPS) is 33.7. The number of esters is 2. The van der Waals surface area contributed by atoms with E-state index in [0.29, 0.717) is 0 Å². The Labute approximate surface area is 266 Å². The lowest BCUT2D eigenvalue weighted by atomic mass is 9.99. The third kappa shape index (κ3) is 11.2. The van der Waals surface area contributed by atoms with Gasteiger partial charge in [-0.25, -0.2) is 9.59 Å². The van der Waals surface area contributed by atoms with Gasteiger partial charge in [-0.3, -0.25) is 0 Å². The van der Waals surface area contributed by atoms with E-state index in [1.165, 1.54) is 26.0 Å². The fourth-order valence-corrected chi connectivity index (χ4v) is 4.08. The van der Waals surface area contributed by atoms with Gasteiger partial charge in [0.15, 0.2) is 0 Å². The Kier molecular flexibility index (Phi) is 15.9. The number of rotatable bonds is 12. The summed E-state index contributed by atoms with van der Waals surface area (Å²) in [5, 5.41) is 77.8. The molecule has 0 aromatic heterocycles. The number of hydrogen-bond donors (Lipinski definition) is 8. The van der Waals surface area contributed by atoms with Crippen LogP contribution in [0.1, 0.15) is 27.7 Å². The highest BCUT2D eigenvalue weighted by Crippen LogP contribution is 2.24. The summed E-state index contributed by atoms with van der Waals surface area (Å²) in [5.41, 5.74) is 2.04. The Balaban J connectivity index is 1.86. The summed E-state index contributed by atoms with van der Waals surface area (Å²) >= 11 is 0. The molecule has 2 saturated heterocycles. The molecular weight excluding hydrogens is 608 g/mol. The van der Waals surface area contributed by atoms with E-state index in [1.54, 1.807) is 36.5 Å². The van der Waals surface area contributed by atoms with Crippen LogP contribution in [0.5, 0.6) is 0 Å². The van der Waals surface area contributed by atoms with Crippen molar-refractivity contribution in [3.05, 3.63) is 83.1 Å². The van der Waals surface area contributed by atoms with Crippen LogP contribution < -0.4 is 0 Å². The summed E-state index contributed by atoms with van der Waals surface area (Å²) in [5.74, 6) is -1.64. The first kappa shape index (κ1) is 38.9. The third-order valence-electron chi connectivity index (χ3n) is 7.03. The highest BCUT2D eigenvalue weighted by molar-refractivity contribution is 5.88. The lowest BCUT2D eigenvalue weighted by Gasteiger charge is -2.39. The van der Waals surface area contributed by atoms with Gasteiger partial charge in [0.05, 0.1) is 13.2 Å². The summed E-state index contributed by atoms with van der Waals surface area (Å²) in [6, 6.07) is 0. The molecule has 0 spiro atoms. The molecule has 2 aliphatic heterocycles. The first-order valence-corrected chi connectivity index (χ1v) is 14.5. The molecule has 0 bridgehead atoms. The third-order valence-corrected chi connectivity index (χ3v) is 7.03. The predicted molar refractivity (Wildman–Crippen MR) is 162 cm³/mol. The Hall–Kier alpha value is -3.28. The van der Waals surface area contributed by atoms with Gasteiger partial charge in [-0.15, -0.1) is 0 Å². The number of allylic oxidation sites excluding steroid dienone is 12. The Morgan fingerprint density at radius 1 is 0.543 bits per heavy atom. The largest absolute Gasteiger partial charge is 0.429 e. The zero-order chi connectivity index (χ0) is 34.6. The van der Waals surface area contributed by atoms with Gasteiger partial charge in [0.1, 0.15) is 48.8 Å². The van der Waals surface area contributed by atoms with E-state index < -0.39 is 86.6 Å². The van der Waals surface area contributed by atoms with E-state index in [-0.39, 0.29) is 11.1 Å². The van der Waals surface area contributed by atoms with Crippen molar-refractivity contribution in [1.29, 1.82) is 0 Å². The highest BCUT2D eigenvalue weighted by Gasteiger charge is 2.46. The zero-order valence-corrected chi connectivity index (χ0v) is 26.0. The van der Waals surface area contributed by atoms with Crippen molar-refractivity contribution in [2.45, 2.75) is 89.1 Å². The van der Waals surface area contributed by atoms with Gasteiger partial charge in [0.2, 0.25) is 12.6 Å². The van der Waals surface area contributed by atoms with Crippen LogP contribution in [-0.4, -0.2) is 127 Å². The van der Waals surface area contributed by atoms with Crippen LogP contribution in [0.2, 0.25) is 0 Å². The fraction of sp³-hybridized carbons (Fsp3) is 0.500. The highest BCUT2D eigenvalue weighted by atomic mass is 16.7. The van der Waals surface area contributed by atoms with Gasteiger partial charge >= 0.3 is 11.9 Å². The van der Waals surface area contributed by atoms with E-state index in [0.717, 1.165) is 11.1 Å². The average Bonchev–Trinajstić information content (AvgIpc) is 3.03. The molecule has 0 aromatic carbocycles. The van der Waals surface area contributed by atoms with E-state index >= 15 is 0 Å². The van der Waals surface area contributed by atoms with E-state index in [2.05, 4.69) is 0 Å². The smallest absolute Gasteiger partial charge is 0.336 e. The van der Waals surface area contributed by atoms with E-state index in [1.807, 2.05) is 26.0 Å². The second kappa shape index (κ2) is 18.8. The lowest BCUT2D eigenvalue weighted by Crippen LogP contribution is -2.59. The van der Waals surface area contributed by atoms with Crippen molar-refractivity contribution in [2.75, 3.05) is 13.2 Å². The molecule has 10 unspecified atom stereocenters. The lowest BCUT2D eigenvalue weighted by molar-refractivity contribution is -0.291. The molecule has 10 atom stereocenters. The van der Waals surface area contributed by atoms with Crippen molar-refractivity contribution in [1.82, 2.24) is 0 Å². The number of aliphatic hydroxyl groups is 8. The van der Waals surface area contributed by atoms with Crippen LogP contribution in [0, 0.1) is 0 Å². The maximum absolute atomic E-state index is 12.3. The Morgan fingerprint density at radius 2 is 0.891 bits per heavy atom. The summed E-state index contributed by atoms with van der Waals surface area (Å²) < 4.78 is 20.5. The molecule has 0 radical (unpaired) electrons. The number of hydrogen-bond acceptors (Lipinski definition) is 14. The number of ether oxygens (including phenoxy) is 4. The van der Waals surface area contributed by atoms with Gasteiger partial charge in [0.25, 0.3) is 0 Å². The Morgan fingerprint density at radius 3 is 1.22 bits per heavy atom. The van der Waals surface area contributed by atoms with Gasteiger partial charge in [-0.1, -0.05) is 71.9 Å². The Bertz CT molecular complexity index is 1150. The molecule has 2 heterocycles.